The van der Waals surface area contributed by atoms with Gasteiger partial charge in [-0.1, -0.05) is 17.7 Å². The Bertz CT molecular complexity index is 1180. The van der Waals surface area contributed by atoms with Crippen LogP contribution in [0.5, 0.6) is 0 Å². The van der Waals surface area contributed by atoms with E-state index in [0.717, 1.165) is 5.06 Å². The van der Waals surface area contributed by atoms with E-state index in [2.05, 4.69) is 22.1 Å². The maximum absolute atomic E-state index is 13.4. The molecule has 0 saturated carbocycles. The van der Waals surface area contributed by atoms with E-state index >= 15 is 0 Å². The number of alkyl halides is 3. The first-order valence-electron chi connectivity index (χ1n) is 10.7. The number of thioether (sulfide) groups is 1. The first-order valence-corrected chi connectivity index (χ1v) is 11.7. The van der Waals surface area contributed by atoms with Crippen molar-refractivity contribution in [1.29, 1.82) is 0 Å². The number of carbonyl (C=O) groups is 1. The Morgan fingerprint density at radius 1 is 1.37 bits per heavy atom. The van der Waals surface area contributed by atoms with Crippen LogP contribution in [0.15, 0.2) is 32.8 Å². The molecule has 4 rings (SSSR count). The Balaban J connectivity index is 1.80. The SMILES string of the molecule is CC#CCN1c2c(nc(SCc3ccco3)n(C)c2=O)N(OC(=O)C(F)(F)F)C1N1CCNCC1. The highest BCUT2D eigenvalue weighted by Crippen LogP contribution is 2.39. The summed E-state index contributed by atoms with van der Waals surface area (Å²) in [5.41, 5.74) is -0.489. The predicted octanol–water partition coefficient (Wildman–Crippen LogP) is 1.52. The summed E-state index contributed by atoms with van der Waals surface area (Å²) in [7, 11) is 1.52. The molecule has 2 aromatic rings. The first-order chi connectivity index (χ1) is 16.7. The van der Waals surface area contributed by atoms with Crippen LogP contribution >= 0.6 is 11.8 Å². The molecule has 1 atom stereocenters. The molecule has 1 N–H and O–H groups in total. The molecule has 1 saturated heterocycles. The number of rotatable bonds is 6. The number of nitrogens with zero attached hydrogens (tertiary/aromatic N) is 5. The van der Waals surface area contributed by atoms with Crippen molar-refractivity contribution in [3.63, 3.8) is 0 Å². The van der Waals surface area contributed by atoms with Crippen LogP contribution in [0.4, 0.5) is 24.7 Å². The number of anilines is 2. The number of fused-ring (bicyclic) bond motifs is 1. The van der Waals surface area contributed by atoms with Crippen LogP contribution in [0.3, 0.4) is 0 Å². The number of hydrogen-bond acceptors (Lipinski definition) is 10. The van der Waals surface area contributed by atoms with Gasteiger partial charge in [0.2, 0.25) is 0 Å². The van der Waals surface area contributed by atoms with E-state index < -0.39 is 24.0 Å². The minimum atomic E-state index is -5.23. The van der Waals surface area contributed by atoms with Crippen LogP contribution < -0.4 is 20.8 Å². The highest BCUT2D eigenvalue weighted by Gasteiger charge is 2.50. The topological polar surface area (TPSA) is 96.1 Å². The van der Waals surface area contributed by atoms with Gasteiger partial charge in [-0.15, -0.1) is 11.0 Å². The fourth-order valence-corrected chi connectivity index (χ4v) is 4.65. The normalized spacial score (nSPS) is 18.3. The lowest BCUT2D eigenvalue weighted by Crippen LogP contribution is -2.61. The van der Waals surface area contributed by atoms with Crippen molar-refractivity contribution in [3.05, 3.63) is 34.5 Å². The van der Waals surface area contributed by atoms with Gasteiger partial charge in [-0.3, -0.25) is 14.3 Å². The van der Waals surface area contributed by atoms with Gasteiger partial charge in [-0.2, -0.15) is 13.2 Å². The third-order valence-corrected chi connectivity index (χ3v) is 6.48. The van der Waals surface area contributed by atoms with Gasteiger partial charge in [-0.25, -0.2) is 9.78 Å². The minimum absolute atomic E-state index is 0.0103. The number of halogens is 3. The Morgan fingerprint density at radius 3 is 2.74 bits per heavy atom. The molecule has 2 aliphatic heterocycles. The van der Waals surface area contributed by atoms with Crippen molar-refractivity contribution in [3.8, 4) is 11.8 Å². The second-order valence-electron chi connectivity index (χ2n) is 7.69. The summed E-state index contributed by atoms with van der Waals surface area (Å²) in [5.74, 6) is 3.98. The summed E-state index contributed by atoms with van der Waals surface area (Å²) in [6.45, 7) is 3.65. The molecule has 0 aliphatic carbocycles. The monoisotopic (exact) mass is 512 g/mol. The predicted molar refractivity (Wildman–Crippen MR) is 121 cm³/mol. The zero-order chi connectivity index (χ0) is 25.2. The highest BCUT2D eigenvalue weighted by molar-refractivity contribution is 7.98. The van der Waals surface area contributed by atoms with Crippen LogP contribution in [0, 0.1) is 11.8 Å². The molecule has 35 heavy (non-hydrogen) atoms. The number of hydrogen-bond donors (Lipinski definition) is 1. The fourth-order valence-electron chi connectivity index (χ4n) is 3.79. The maximum Gasteiger partial charge on any atom is 0.493 e. The molecule has 0 amide bonds. The second-order valence-corrected chi connectivity index (χ2v) is 8.63. The molecule has 2 aromatic heterocycles. The third kappa shape index (κ3) is 5.12. The van der Waals surface area contributed by atoms with Crippen molar-refractivity contribution < 1.29 is 27.2 Å². The van der Waals surface area contributed by atoms with Crippen molar-refractivity contribution in [2.24, 2.45) is 7.05 Å². The summed E-state index contributed by atoms with van der Waals surface area (Å²) >= 11 is 1.17. The van der Waals surface area contributed by atoms with Crippen LogP contribution in [0.25, 0.3) is 0 Å². The Morgan fingerprint density at radius 2 is 2.11 bits per heavy atom. The van der Waals surface area contributed by atoms with E-state index in [0.29, 0.717) is 37.7 Å². The summed E-state index contributed by atoms with van der Waals surface area (Å²) in [6, 6.07) is 3.47. The molecule has 0 bridgehead atoms. The molecule has 4 heterocycles. The number of hydroxylamine groups is 1. The van der Waals surface area contributed by atoms with Crippen LogP contribution in [0.2, 0.25) is 0 Å². The Kier molecular flexibility index (Phi) is 7.29. The summed E-state index contributed by atoms with van der Waals surface area (Å²) in [6.07, 6.45) is -4.75. The van der Waals surface area contributed by atoms with Gasteiger partial charge in [0.1, 0.15) is 5.76 Å². The molecule has 2 aliphatic rings. The number of furan rings is 1. The van der Waals surface area contributed by atoms with E-state index in [1.807, 2.05) is 4.90 Å². The number of nitrogens with one attached hydrogen (secondary N) is 1. The molecule has 1 fully saturated rings. The maximum atomic E-state index is 13.4. The first kappa shape index (κ1) is 25.0. The second kappa shape index (κ2) is 10.2. The van der Waals surface area contributed by atoms with Crippen LogP contribution in [0.1, 0.15) is 12.7 Å². The molecule has 1 unspecified atom stereocenters. The quantitative estimate of drug-likeness (QED) is 0.349. The van der Waals surface area contributed by atoms with Gasteiger partial charge < -0.3 is 19.5 Å². The number of aromatic nitrogens is 2. The lowest BCUT2D eigenvalue weighted by Gasteiger charge is -2.40. The van der Waals surface area contributed by atoms with Gasteiger partial charge in [0.25, 0.3) is 5.56 Å². The van der Waals surface area contributed by atoms with Gasteiger partial charge in [0.05, 0.1) is 18.6 Å². The molecule has 0 radical (unpaired) electrons. The summed E-state index contributed by atoms with van der Waals surface area (Å²) in [5, 5.41) is 4.18. The zero-order valence-corrected chi connectivity index (χ0v) is 19.8. The average Bonchev–Trinajstić information content (AvgIpc) is 3.45. The van der Waals surface area contributed by atoms with Gasteiger partial charge >= 0.3 is 12.1 Å². The van der Waals surface area contributed by atoms with E-state index in [1.165, 1.54) is 34.5 Å². The largest absolute Gasteiger partial charge is 0.493 e. The summed E-state index contributed by atoms with van der Waals surface area (Å²) < 4.78 is 46.2. The van der Waals surface area contributed by atoms with Crippen LogP contribution in [-0.2, 0) is 22.4 Å². The van der Waals surface area contributed by atoms with Crippen molar-refractivity contribution in [2.45, 2.75) is 30.3 Å². The smallest absolute Gasteiger partial charge is 0.468 e. The molecule has 0 aromatic carbocycles. The molecule has 0 spiro atoms. The Hall–Kier alpha value is -3.15. The standard InChI is InChI=1S/C21H23F3N6O4S/c1-3-4-9-29-15-16(26-19(27(2)17(15)31)35-13-14-6-5-12-33-14)30(34-18(32)21(22,23)24)20(29)28-10-7-25-8-11-28/h5-6,12,20,25H,7-11,13H2,1-2H3. The van der Waals surface area contributed by atoms with Crippen LogP contribution in [-0.4, -0.2) is 65.6 Å². The highest BCUT2D eigenvalue weighted by atomic mass is 32.2. The number of piperazine rings is 1. The lowest BCUT2D eigenvalue weighted by molar-refractivity contribution is -0.203. The zero-order valence-electron chi connectivity index (χ0n) is 19.0. The Labute approximate surface area is 203 Å². The van der Waals surface area contributed by atoms with E-state index in [-0.39, 0.29) is 23.2 Å². The van der Waals surface area contributed by atoms with Crippen molar-refractivity contribution >= 4 is 29.2 Å². The molecule has 14 heteroatoms. The minimum Gasteiger partial charge on any atom is -0.468 e. The molecular formula is C21H23F3N6O4S. The lowest BCUT2D eigenvalue weighted by atomic mass is 10.3. The third-order valence-electron chi connectivity index (χ3n) is 5.43. The van der Waals surface area contributed by atoms with Gasteiger partial charge in [0, 0.05) is 33.2 Å². The molecule has 188 valence electrons. The average molecular weight is 513 g/mol. The van der Waals surface area contributed by atoms with Gasteiger partial charge in [-0.05, 0) is 19.1 Å². The molecule has 10 nitrogen and oxygen atoms in total. The molecular weight excluding hydrogens is 489 g/mol. The van der Waals surface area contributed by atoms with E-state index in [9.17, 15) is 22.8 Å². The summed E-state index contributed by atoms with van der Waals surface area (Å²) in [4.78, 5) is 38.0. The number of carbonyl (C=O) groups excluding carboxylic acids is 1. The van der Waals surface area contributed by atoms with Crippen molar-refractivity contribution in [1.82, 2.24) is 19.8 Å². The van der Waals surface area contributed by atoms with Gasteiger partial charge in [0.15, 0.2) is 23.0 Å². The van der Waals surface area contributed by atoms with Crippen molar-refractivity contribution in [2.75, 3.05) is 42.7 Å². The van der Waals surface area contributed by atoms with E-state index in [1.54, 1.807) is 19.1 Å². The fraction of sp³-hybridized carbons (Fsp3) is 0.476. The van der Waals surface area contributed by atoms with E-state index in [4.69, 9.17) is 9.25 Å².